The molecule has 1 amide bonds. The molecule has 1 unspecified atom stereocenters. The quantitative estimate of drug-likeness (QED) is 0.311. The van der Waals surface area contributed by atoms with E-state index in [2.05, 4.69) is 30.4 Å². The fraction of sp³-hybridized carbons (Fsp3) is 0.455. The Bertz CT molecular complexity index is 1410. The average Bonchev–Trinajstić information content (AvgIpc) is 3.46. The zero-order valence-corrected chi connectivity index (χ0v) is 23.6. The highest BCUT2D eigenvalue weighted by Gasteiger charge is 2.31. The molecule has 5 rings (SSSR count). The van der Waals surface area contributed by atoms with Crippen LogP contribution in [0.3, 0.4) is 0 Å². The third-order valence-corrected chi connectivity index (χ3v) is 9.05. The smallest absolute Gasteiger partial charge is 0.454 e. The summed E-state index contributed by atoms with van der Waals surface area (Å²) in [4.78, 5) is 46.2. The van der Waals surface area contributed by atoms with E-state index < -0.39 is 19.8 Å². The van der Waals surface area contributed by atoms with Gasteiger partial charge in [-0.25, -0.2) is 19.5 Å². The van der Waals surface area contributed by atoms with Crippen molar-refractivity contribution in [2.75, 3.05) is 25.6 Å². The number of nitrogens with zero attached hydrogens (tertiary/aromatic N) is 5. The van der Waals surface area contributed by atoms with Gasteiger partial charge in [-0.05, 0) is 60.2 Å². The second kappa shape index (κ2) is 11.0. The Morgan fingerprint density at radius 1 is 1.29 bits per heavy atom. The number of hydrogen-bond donors (Lipinski definition) is 3. The van der Waals surface area contributed by atoms with E-state index in [0.29, 0.717) is 59.2 Å². The molecule has 2 aliphatic rings. The zero-order valence-electron chi connectivity index (χ0n) is 20.3. The van der Waals surface area contributed by atoms with E-state index >= 15 is 0 Å². The molecule has 2 aromatic heterocycles. The van der Waals surface area contributed by atoms with Crippen LogP contribution in [0.5, 0.6) is 11.5 Å². The standard InChI is InChI=1S/C22H26BrN6O7PS/c1-12(36-37(31,32)33)21(30)28-5-2-13(3-6-28)4-7-29-20-18(19(24)25-10-26-20)27-22(29)38-17-9-16-15(8-14(17)23)34-11-35-16/h8-10,12-13H,2-7,11H2,1H3,(H2,24,25,26)(H2,31,32,33). The number of phosphoric acid groups is 1. The molecule has 1 saturated heterocycles. The summed E-state index contributed by atoms with van der Waals surface area (Å²) >= 11 is 5.06. The number of nitrogen functional groups attached to an aromatic ring is 1. The van der Waals surface area contributed by atoms with Crippen LogP contribution in [0.25, 0.3) is 11.2 Å². The first-order chi connectivity index (χ1) is 18.1. The fourth-order valence-corrected chi connectivity index (χ4v) is 6.56. The van der Waals surface area contributed by atoms with Crippen molar-refractivity contribution in [3.8, 4) is 11.5 Å². The van der Waals surface area contributed by atoms with Gasteiger partial charge >= 0.3 is 7.82 Å². The van der Waals surface area contributed by atoms with E-state index in [1.54, 1.807) is 4.90 Å². The van der Waals surface area contributed by atoms with Crippen molar-refractivity contribution in [2.24, 2.45) is 5.92 Å². The van der Waals surface area contributed by atoms with E-state index in [4.69, 9.17) is 30.0 Å². The first-order valence-electron chi connectivity index (χ1n) is 11.9. The number of aryl methyl sites for hydroxylation is 1. The summed E-state index contributed by atoms with van der Waals surface area (Å²) in [5, 5.41) is 0.711. The number of hydrogen-bond acceptors (Lipinski definition) is 10. The van der Waals surface area contributed by atoms with E-state index in [-0.39, 0.29) is 6.79 Å². The molecular formula is C22H26BrN6O7PS. The number of carbonyl (C=O) groups is 1. The van der Waals surface area contributed by atoms with Gasteiger partial charge in [0.15, 0.2) is 33.6 Å². The van der Waals surface area contributed by atoms with Crippen LogP contribution < -0.4 is 15.2 Å². The molecule has 16 heteroatoms. The van der Waals surface area contributed by atoms with Gasteiger partial charge in [0.2, 0.25) is 6.79 Å². The lowest BCUT2D eigenvalue weighted by molar-refractivity contribution is -0.140. The largest absolute Gasteiger partial charge is 0.470 e. The van der Waals surface area contributed by atoms with Crippen molar-refractivity contribution >= 4 is 58.4 Å². The number of likely N-dealkylation sites (tertiary alicyclic amines) is 1. The fourth-order valence-electron chi connectivity index (χ4n) is 4.55. The molecule has 3 aromatic rings. The molecule has 0 bridgehead atoms. The Hall–Kier alpha value is -2.42. The summed E-state index contributed by atoms with van der Waals surface area (Å²) in [7, 11) is -4.73. The van der Waals surface area contributed by atoms with Gasteiger partial charge < -0.3 is 34.5 Å². The number of phosphoric ester groups is 1. The third kappa shape index (κ3) is 5.92. The van der Waals surface area contributed by atoms with E-state index in [1.165, 1.54) is 25.0 Å². The number of imidazole rings is 1. The van der Waals surface area contributed by atoms with Crippen LogP contribution in [-0.4, -0.2) is 66.1 Å². The minimum Gasteiger partial charge on any atom is -0.454 e. The summed E-state index contributed by atoms with van der Waals surface area (Å²) in [6.45, 7) is 3.14. The molecule has 4 N–H and O–H groups in total. The molecule has 0 saturated carbocycles. The van der Waals surface area contributed by atoms with Gasteiger partial charge in [0.25, 0.3) is 5.91 Å². The van der Waals surface area contributed by atoms with Crippen LogP contribution in [-0.2, 0) is 20.4 Å². The van der Waals surface area contributed by atoms with Crippen LogP contribution in [0.2, 0.25) is 0 Å². The molecule has 13 nitrogen and oxygen atoms in total. The number of ether oxygens (including phenoxy) is 2. The molecule has 204 valence electrons. The van der Waals surface area contributed by atoms with Gasteiger partial charge in [0.05, 0.1) is 0 Å². The number of fused-ring (bicyclic) bond motifs is 2. The maximum Gasteiger partial charge on any atom is 0.470 e. The predicted octanol–water partition coefficient (Wildman–Crippen LogP) is 3.18. The van der Waals surface area contributed by atoms with Gasteiger partial charge in [-0.2, -0.15) is 0 Å². The second-order valence-electron chi connectivity index (χ2n) is 9.01. The Balaban J connectivity index is 1.28. The number of piperidine rings is 1. The lowest BCUT2D eigenvalue weighted by atomic mass is 9.93. The van der Waals surface area contributed by atoms with E-state index in [0.717, 1.165) is 28.6 Å². The van der Waals surface area contributed by atoms with Gasteiger partial charge in [-0.15, -0.1) is 0 Å². The monoisotopic (exact) mass is 628 g/mol. The molecule has 0 spiro atoms. The number of halogens is 1. The molecular weight excluding hydrogens is 603 g/mol. The highest BCUT2D eigenvalue weighted by atomic mass is 79.9. The van der Waals surface area contributed by atoms with Crippen LogP contribution >= 0.6 is 35.5 Å². The predicted molar refractivity (Wildman–Crippen MR) is 141 cm³/mol. The topological polar surface area (TPSA) is 175 Å². The molecule has 1 aromatic carbocycles. The highest BCUT2D eigenvalue weighted by molar-refractivity contribution is 9.10. The van der Waals surface area contributed by atoms with Crippen molar-refractivity contribution in [1.29, 1.82) is 0 Å². The molecule has 2 aliphatic heterocycles. The van der Waals surface area contributed by atoms with Crippen molar-refractivity contribution < 1.29 is 33.1 Å². The molecule has 1 atom stereocenters. The zero-order chi connectivity index (χ0) is 27.0. The maximum absolute atomic E-state index is 12.5. The van der Waals surface area contributed by atoms with Gasteiger partial charge in [0, 0.05) is 29.0 Å². The van der Waals surface area contributed by atoms with Crippen LogP contribution in [0, 0.1) is 5.92 Å². The summed E-state index contributed by atoms with van der Waals surface area (Å²) in [5.74, 6) is 1.56. The average molecular weight is 629 g/mol. The normalized spacial score (nSPS) is 16.8. The first-order valence-corrected chi connectivity index (χ1v) is 15.0. The van der Waals surface area contributed by atoms with Crippen molar-refractivity contribution in [3.05, 3.63) is 22.9 Å². The number of nitrogens with two attached hydrogens (primary N) is 1. The molecule has 4 heterocycles. The molecule has 0 radical (unpaired) electrons. The lowest BCUT2D eigenvalue weighted by Crippen LogP contribution is -2.43. The SMILES string of the molecule is CC(OP(=O)(O)O)C(=O)N1CCC(CCn2c(Sc3cc4c(cc3Br)OCO4)nc3c(N)ncnc32)CC1. The third-order valence-electron chi connectivity index (χ3n) is 6.48. The summed E-state index contributed by atoms with van der Waals surface area (Å²) in [5.41, 5.74) is 7.28. The number of amides is 1. The lowest BCUT2D eigenvalue weighted by Gasteiger charge is -2.33. The second-order valence-corrected chi connectivity index (χ2v) is 12.1. The van der Waals surface area contributed by atoms with Crippen molar-refractivity contribution in [3.63, 3.8) is 0 Å². The Morgan fingerprint density at radius 2 is 2.00 bits per heavy atom. The van der Waals surface area contributed by atoms with E-state index in [1.807, 2.05) is 16.7 Å². The number of aromatic nitrogens is 4. The van der Waals surface area contributed by atoms with Crippen LogP contribution in [0.15, 0.2) is 33.0 Å². The van der Waals surface area contributed by atoms with Crippen LogP contribution in [0.1, 0.15) is 26.2 Å². The van der Waals surface area contributed by atoms with E-state index in [9.17, 15) is 9.36 Å². The Morgan fingerprint density at radius 3 is 2.71 bits per heavy atom. The Labute approximate surface area is 230 Å². The summed E-state index contributed by atoms with van der Waals surface area (Å²) < 4.78 is 29.5. The van der Waals surface area contributed by atoms with Gasteiger partial charge in [-0.3, -0.25) is 9.32 Å². The minimum absolute atomic E-state index is 0.181. The number of benzene rings is 1. The van der Waals surface area contributed by atoms with Gasteiger partial charge in [-0.1, -0.05) is 11.8 Å². The first kappa shape index (κ1) is 27.2. The molecule has 0 aliphatic carbocycles. The van der Waals surface area contributed by atoms with Crippen LogP contribution in [0.4, 0.5) is 5.82 Å². The highest BCUT2D eigenvalue weighted by Crippen LogP contribution is 2.43. The molecule has 38 heavy (non-hydrogen) atoms. The van der Waals surface area contributed by atoms with Crippen molar-refractivity contribution in [1.82, 2.24) is 24.4 Å². The van der Waals surface area contributed by atoms with Crippen molar-refractivity contribution in [2.45, 2.75) is 48.9 Å². The molecule has 1 fully saturated rings. The summed E-state index contributed by atoms with van der Waals surface area (Å²) in [6.07, 6.45) is 2.56. The number of anilines is 1. The number of carbonyl (C=O) groups excluding carboxylic acids is 1. The number of rotatable bonds is 8. The van der Waals surface area contributed by atoms with Gasteiger partial charge in [0.1, 0.15) is 12.4 Å². The minimum atomic E-state index is -4.73. The summed E-state index contributed by atoms with van der Waals surface area (Å²) in [6, 6.07) is 3.77. The maximum atomic E-state index is 12.5. The Kier molecular flexibility index (Phi) is 7.85.